The molecule has 8 nitrogen and oxygen atoms in total. The number of amides is 2. The van der Waals surface area contributed by atoms with Crippen molar-refractivity contribution in [3.8, 4) is 5.75 Å². The van der Waals surface area contributed by atoms with Gasteiger partial charge in [0, 0.05) is 31.9 Å². The van der Waals surface area contributed by atoms with E-state index < -0.39 is 11.9 Å². The van der Waals surface area contributed by atoms with Gasteiger partial charge in [-0.2, -0.15) is 0 Å². The number of methoxy groups -OCH3 is 2. The molecule has 0 aliphatic carbocycles. The van der Waals surface area contributed by atoms with Gasteiger partial charge in [-0.3, -0.25) is 4.79 Å². The molecular weight excluding hydrogens is 468 g/mol. The Bertz CT molecular complexity index is 894. The van der Waals surface area contributed by atoms with Crippen molar-refractivity contribution in [3.05, 3.63) is 42.0 Å². The summed E-state index contributed by atoms with van der Waals surface area (Å²) in [5, 5.41) is 3.04. The number of fused-ring (bicyclic) bond motifs is 2. The van der Waals surface area contributed by atoms with Crippen LogP contribution in [-0.2, 0) is 20.8 Å². The minimum absolute atomic E-state index is 0.00386. The molecule has 1 aromatic carbocycles. The number of alkyl carbamates (subject to hydrolysis) is 1. The van der Waals surface area contributed by atoms with Gasteiger partial charge in [-0.1, -0.05) is 36.0 Å². The Labute approximate surface area is 211 Å². The summed E-state index contributed by atoms with van der Waals surface area (Å²) in [5.41, 5.74) is 1.00. The molecule has 4 rings (SSSR count). The van der Waals surface area contributed by atoms with E-state index in [-0.39, 0.29) is 23.4 Å². The fraction of sp³-hybridized carbons (Fsp3) is 0.615. The van der Waals surface area contributed by atoms with Crippen LogP contribution in [0.2, 0.25) is 0 Å². The number of carbonyl (C=O) groups excluding carboxylic acids is 2. The Kier molecular flexibility index (Phi) is 8.97. The van der Waals surface area contributed by atoms with E-state index in [0.29, 0.717) is 31.7 Å². The van der Waals surface area contributed by atoms with E-state index in [2.05, 4.69) is 17.5 Å². The van der Waals surface area contributed by atoms with E-state index in [0.717, 1.165) is 43.4 Å². The Morgan fingerprint density at radius 1 is 1.14 bits per heavy atom. The first-order valence-corrected chi connectivity index (χ1v) is 13.4. The van der Waals surface area contributed by atoms with Crippen LogP contribution in [0.15, 0.2) is 36.4 Å². The summed E-state index contributed by atoms with van der Waals surface area (Å²) < 4.78 is 23.4. The molecule has 3 heterocycles. The van der Waals surface area contributed by atoms with E-state index in [1.807, 2.05) is 29.2 Å². The Balaban J connectivity index is 1.55. The largest absolute Gasteiger partial charge is 0.497 e. The van der Waals surface area contributed by atoms with Crippen molar-refractivity contribution in [3.63, 3.8) is 0 Å². The lowest BCUT2D eigenvalue weighted by Crippen LogP contribution is -2.62. The van der Waals surface area contributed by atoms with Gasteiger partial charge in [0.15, 0.2) is 5.79 Å². The van der Waals surface area contributed by atoms with E-state index in [1.165, 1.54) is 11.8 Å². The normalized spacial score (nSPS) is 30.3. The fourth-order valence-electron chi connectivity index (χ4n) is 5.08. The standard InChI is InChI=1S/C26H36N2O6S/c1-31-21-12-10-19(11-13-21)17-28-23(18-35-25(28)30)26(32-2)16-20-15-22(34-26)9-7-5-3-4-6-8-14-33-24(29)27-20/h3-4,10-13,20,22-23H,5-9,14-18H2,1-2H3,(H,27,29)/t20-,22?,23+,26-/m1/s1. The second kappa shape index (κ2) is 12.1. The van der Waals surface area contributed by atoms with Crippen LogP contribution in [0.1, 0.15) is 50.5 Å². The number of hydrogen-bond acceptors (Lipinski definition) is 7. The quantitative estimate of drug-likeness (QED) is 0.573. The molecule has 2 amide bonds. The molecule has 0 radical (unpaired) electrons. The zero-order valence-electron chi connectivity index (χ0n) is 20.6. The third kappa shape index (κ3) is 6.51. The maximum atomic E-state index is 12.9. The maximum absolute atomic E-state index is 12.9. The van der Waals surface area contributed by atoms with Crippen LogP contribution in [0.3, 0.4) is 0 Å². The summed E-state index contributed by atoms with van der Waals surface area (Å²) in [4.78, 5) is 27.3. The third-order valence-electron chi connectivity index (χ3n) is 6.92. The minimum Gasteiger partial charge on any atom is -0.497 e. The highest BCUT2D eigenvalue weighted by atomic mass is 32.2. The van der Waals surface area contributed by atoms with Crippen LogP contribution >= 0.6 is 11.8 Å². The van der Waals surface area contributed by atoms with Gasteiger partial charge in [0.1, 0.15) is 5.75 Å². The number of benzene rings is 1. The zero-order valence-corrected chi connectivity index (χ0v) is 21.4. The van der Waals surface area contributed by atoms with Gasteiger partial charge in [-0.05, 0) is 56.2 Å². The SMILES string of the molecule is COc1ccc(CN2C(=O)SC[C@H]2[C@@]2(OC)C[C@H]3CC(CCCC=CCCCOC(=O)N3)O2)cc1. The van der Waals surface area contributed by atoms with Gasteiger partial charge < -0.3 is 29.2 Å². The predicted octanol–water partition coefficient (Wildman–Crippen LogP) is 4.87. The number of thioether (sulfide) groups is 1. The number of hydrogen-bond donors (Lipinski definition) is 1. The predicted molar refractivity (Wildman–Crippen MR) is 135 cm³/mol. The first kappa shape index (κ1) is 25.9. The lowest BCUT2D eigenvalue weighted by Gasteiger charge is -2.48. The van der Waals surface area contributed by atoms with Crippen LogP contribution < -0.4 is 10.1 Å². The number of nitrogens with zero attached hydrogens (tertiary/aromatic N) is 1. The molecular formula is C26H36N2O6S. The molecule has 1 aromatic rings. The molecule has 1 N–H and O–H groups in total. The van der Waals surface area contributed by atoms with Gasteiger partial charge in [0.05, 0.1) is 25.9 Å². The van der Waals surface area contributed by atoms with Crippen molar-refractivity contribution >= 4 is 23.1 Å². The first-order valence-electron chi connectivity index (χ1n) is 12.4. The zero-order chi connectivity index (χ0) is 24.7. The minimum atomic E-state index is -1.01. The summed E-state index contributed by atoms with van der Waals surface area (Å²) in [6, 6.07) is 7.28. The van der Waals surface area contributed by atoms with Crippen LogP contribution in [-0.4, -0.2) is 66.8 Å². The summed E-state index contributed by atoms with van der Waals surface area (Å²) in [5.74, 6) is 0.323. The monoisotopic (exact) mass is 504 g/mol. The van der Waals surface area contributed by atoms with Crippen LogP contribution in [0.4, 0.5) is 9.59 Å². The second-order valence-electron chi connectivity index (χ2n) is 9.29. The van der Waals surface area contributed by atoms with Crippen LogP contribution in [0.25, 0.3) is 0 Å². The first-order chi connectivity index (χ1) is 17.0. The molecule has 3 aliphatic heterocycles. The molecule has 2 bridgehead atoms. The van der Waals surface area contributed by atoms with Crippen molar-refractivity contribution in [2.45, 2.75) is 75.5 Å². The summed E-state index contributed by atoms with van der Waals surface area (Å²) in [6.07, 6.45) is 9.53. The number of allylic oxidation sites excluding steroid dienone is 2. The molecule has 0 saturated carbocycles. The Morgan fingerprint density at radius 2 is 1.91 bits per heavy atom. The van der Waals surface area contributed by atoms with E-state index in [9.17, 15) is 9.59 Å². The molecule has 0 aromatic heterocycles. The molecule has 35 heavy (non-hydrogen) atoms. The summed E-state index contributed by atoms with van der Waals surface area (Å²) in [6.45, 7) is 0.839. The molecule has 0 spiro atoms. The van der Waals surface area contributed by atoms with Crippen LogP contribution in [0, 0.1) is 0 Å². The van der Waals surface area contributed by atoms with E-state index >= 15 is 0 Å². The van der Waals surface area contributed by atoms with Crippen molar-refractivity contribution in [2.24, 2.45) is 0 Å². The van der Waals surface area contributed by atoms with Gasteiger partial charge in [0.2, 0.25) is 0 Å². The van der Waals surface area contributed by atoms with Gasteiger partial charge >= 0.3 is 6.09 Å². The van der Waals surface area contributed by atoms with Crippen molar-refractivity contribution in [1.82, 2.24) is 10.2 Å². The summed E-state index contributed by atoms with van der Waals surface area (Å²) in [7, 11) is 3.27. The topological polar surface area (TPSA) is 86.3 Å². The molecule has 2 fully saturated rings. The number of carbonyl (C=O) groups is 2. The molecule has 4 atom stereocenters. The highest BCUT2D eigenvalue weighted by molar-refractivity contribution is 8.13. The highest BCUT2D eigenvalue weighted by Gasteiger charge is 2.53. The lowest BCUT2D eigenvalue weighted by molar-refractivity contribution is -0.294. The fourth-order valence-corrected chi connectivity index (χ4v) is 6.17. The van der Waals surface area contributed by atoms with E-state index in [1.54, 1.807) is 14.2 Å². The molecule has 2 saturated heterocycles. The number of ether oxygens (including phenoxy) is 4. The third-order valence-corrected chi connectivity index (χ3v) is 7.88. The highest BCUT2D eigenvalue weighted by Crippen LogP contribution is 2.42. The van der Waals surface area contributed by atoms with Gasteiger partial charge in [-0.15, -0.1) is 0 Å². The maximum Gasteiger partial charge on any atom is 0.407 e. The molecule has 3 aliphatic rings. The average Bonchev–Trinajstić information content (AvgIpc) is 3.23. The van der Waals surface area contributed by atoms with Gasteiger partial charge in [-0.25, -0.2) is 4.79 Å². The Hall–Kier alpha value is -2.23. The average molecular weight is 505 g/mol. The van der Waals surface area contributed by atoms with Crippen molar-refractivity contribution < 1.29 is 28.5 Å². The molecule has 9 heteroatoms. The van der Waals surface area contributed by atoms with Crippen molar-refractivity contribution in [2.75, 3.05) is 26.6 Å². The van der Waals surface area contributed by atoms with Crippen LogP contribution in [0.5, 0.6) is 5.75 Å². The lowest BCUT2D eigenvalue weighted by atomic mass is 9.89. The number of nitrogens with one attached hydrogen (secondary N) is 1. The summed E-state index contributed by atoms with van der Waals surface area (Å²) >= 11 is 1.29. The number of cyclic esters (lactones) is 1. The molecule has 1 unspecified atom stereocenters. The second-order valence-corrected chi connectivity index (χ2v) is 10.3. The number of rotatable bonds is 5. The van der Waals surface area contributed by atoms with E-state index in [4.69, 9.17) is 18.9 Å². The van der Waals surface area contributed by atoms with Crippen molar-refractivity contribution in [1.29, 1.82) is 0 Å². The Morgan fingerprint density at radius 3 is 2.66 bits per heavy atom. The molecule has 192 valence electrons. The van der Waals surface area contributed by atoms with Gasteiger partial charge in [0.25, 0.3) is 5.24 Å². The smallest absolute Gasteiger partial charge is 0.407 e.